The minimum absolute atomic E-state index is 0. The molecule has 0 spiro atoms. The van der Waals surface area contributed by atoms with Crippen molar-refractivity contribution < 1.29 is 51.6 Å². The molecule has 52 heavy (non-hydrogen) atoms. The van der Waals surface area contributed by atoms with Crippen molar-refractivity contribution in [1.82, 2.24) is 29.1 Å². The van der Waals surface area contributed by atoms with Gasteiger partial charge in [0.05, 0.1) is 0 Å². The normalized spacial score (nSPS) is 13.4. The van der Waals surface area contributed by atoms with Crippen LogP contribution in [-0.4, -0.2) is 29.1 Å². The molecular formula is C42H34N6O2Pt2-6. The van der Waals surface area contributed by atoms with E-state index in [9.17, 15) is 0 Å². The van der Waals surface area contributed by atoms with Gasteiger partial charge in [-0.25, -0.2) is 32.0 Å². The minimum atomic E-state index is 0. The smallest absolute Gasteiger partial charge is 0.215 e. The Morgan fingerprint density at radius 1 is 0.577 bits per heavy atom. The summed E-state index contributed by atoms with van der Waals surface area (Å²) in [5, 5.41) is 0. The summed E-state index contributed by atoms with van der Waals surface area (Å²) in [6.45, 7) is 0. The maximum Gasteiger partial charge on any atom is 0.215 e. The number of benzene rings is 2. The van der Waals surface area contributed by atoms with E-state index in [1.165, 1.54) is 51.4 Å². The van der Waals surface area contributed by atoms with Crippen LogP contribution in [0.4, 0.5) is 0 Å². The summed E-state index contributed by atoms with van der Waals surface area (Å²) < 4.78 is 14.8. The van der Waals surface area contributed by atoms with E-state index in [0.29, 0.717) is 46.2 Å². The monoisotopic (exact) mass is 1040 g/mol. The Bertz CT molecular complexity index is 1880. The molecule has 0 saturated heterocycles. The summed E-state index contributed by atoms with van der Waals surface area (Å²) in [4.78, 5) is 16.8. The predicted molar refractivity (Wildman–Crippen MR) is 188 cm³/mol. The van der Waals surface area contributed by atoms with Crippen molar-refractivity contribution in [3.05, 3.63) is 147 Å². The molecule has 4 aromatic heterocycles. The van der Waals surface area contributed by atoms with Gasteiger partial charge >= 0.3 is 0 Å². The number of ether oxygens (including phenoxy) is 2. The Labute approximate surface area is 335 Å². The van der Waals surface area contributed by atoms with Gasteiger partial charge in [0.25, 0.3) is 0 Å². The van der Waals surface area contributed by atoms with E-state index in [2.05, 4.69) is 56.3 Å². The molecule has 0 radical (unpaired) electrons. The molecule has 0 N–H and O–H groups in total. The first-order valence-corrected chi connectivity index (χ1v) is 16.7. The number of rotatable bonds is 7. The zero-order chi connectivity index (χ0) is 34.4. The van der Waals surface area contributed by atoms with E-state index in [1.807, 2.05) is 24.3 Å². The molecule has 4 heterocycles. The van der Waals surface area contributed by atoms with Crippen LogP contribution in [0, 0.1) is 49.2 Å². The van der Waals surface area contributed by atoms with Crippen LogP contribution in [0.2, 0.25) is 0 Å². The molecule has 2 fully saturated rings. The topological polar surface area (TPSA) is 79.9 Å². The number of pyridine rings is 2. The van der Waals surface area contributed by atoms with Gasteiger partial charge in [-0.3, -0.25) is 12.1 Å². The average Bonchev–Trinajstić information content (AvgIpc) is 4.01. The quantitative estimate of drug-likeness (QED) is 0.118. The number of aromatic nitrogens is 6. The molecule has 8 rings (SSSR count). The molecular weight excluding hydrogens is 1010 g/mol. The summed E-state index contributed by atoms with van der Waals surface area (Å²) in [5.41, 5.74) is 1.34. The maximum atomic E-state index is 7.04. The standard InChI is InChI=1S/C22H12N2O2.2C10H11N2.2Pt/c1-3-13-23-21(11-1)25-19-9-5-7-17(15-19)18-8-6-10-20(16-18)26-22-12-2-4-14-24-22;2*1-2-12-8-7-11-10(12)9-5-3-4-6-9;;/h1-6,9-14H;2*7-9H,3-6H2;;/q-4;2*-1;;. The van der Waals surface area contributed by atoms with Crippen molar-refractivity contribution in [2.75, 3.05) is 0 Å². The molecule has 0 unspecified atom stereocenters. The van der Waals surface area contributed by atoms with E-state index in [-0.39, 0.29) is 42.1 Å². The average molecular weight is 1040 g/mol. The van der Waals surface area contributed by atoms with Crippen LogP contribution in [0.25, 0.3) is 11.1 Å². The summed E-state index contributed by atoms with van der Waals surface area (Å²) in [5.74, 6) is 5.24. The number of imidazole rings is 2. The van der Waals surface area contributed by atoms with Gasteiger partial charge < -0.3 is 66.8 Å². The largest absolute Gasteiger partial charge is 0.669 e. The zero-order valence-electron chi connectivity index (χ0n) is 28.2. The van der Waals surface area contributed by atoms with Crippen molar-refractivity contribution in [2.45, 2.75) is 63.2 Å². The molecule has 8 nitrogen and oxygen atoms in total. The Morgan fingerprint density at radius 3 is 1.37 bits per heavy atom. The first kappa shape index (κ1) is 40.0. The van der Waals surface area contributed by atoms with Gasteiger partial charge in [-0.1, -0.05) is 49.3 Å². The summed E-state index contributed by atoms with van der Waals surface area (Å²) in [6.07, 6.45) is 34.6. The Morgan fingerprint density at radius 2 is 1.00 bits per heavy atom. The number of nitrogens with zero attached hydrogens (tertiary/aromatic N) is 6. The first-order valence-electron chi connectivity index (χ1n) is 16.7. The molecule has 0 atom stereocenters. The maximum absolute atomic E-state index is 7.04. The summed E-state index contributed by atoms with van der Waals surface area (Å²) in [6, 6.07) is 35.2. The summed E-state index contributed by atoms with van der Waals surface area (Å²) in [7, 11) is 0. The third-order valence-electron chi connectivity index (χ3n) is 8.40. The molecule has 0 aliphatic heterocycles. The fourth-order valence-electron chi connectivity index (χ4n) is 6.02. The molecule has 2 aromatic carbocycles. The molecule has 2 saturated carbocycles. The van der Waals surface area contributed by atoms with E-state index in [4.69, 9.17) is 22.3 Å². The van der Waals surface area contributed by atoms with Crippen molar-refractivity contribution in [1.29, 1.82) is 0 Å². The van der Waals surface area contributed by atoms with Gasteiger partial charge in [-0.2, -0.15) is 12.1 Å². The minimum Gasteiger partial charge on any atom is -0.669 e. The number of hydrogen-bond acceptors (Lipinski definition) is 6. The SMILES string of the molecule is [C-]#Cn1ccnc1C1CCCC1.[C-]#Cn1ccnc1C1CCCC1.[Pt].[Pt].[c-]1ccc(Oc2ccccn2)[c-]c1-c1[c-]ccc(Oc2ccccn2)[c-]1. The third-order valence-corrected chi connectivity index (χ3v) is 8.40. The van der Waals surface area contributed by atoms with Gasteiger partial charge in [0.1, 0.15) is 11.6 Å². The van der Waals surface area contributed by atoms with Crippen molar-refractivity contribution in [3.63, 3.8) is 0 Å². The second kappa shape index (κ2) is 20.9. The Balaban J connectivity index is 0.000000194. The van der Waals surface area contributed by atoms with Gasteiger partial charge in [-0.05, 0) is 37.8 Å². The predicted octanol–water partition coefficient (Wildman–Crippen LogP) is 8.80. The second-order valence-electron chi connectivity index (χ2n) is 11.7. The van der Waals surface area contributed by atoms with Gasteiger partial charge in [-0.15, -0.1) is 0 Å². The number of hydrogen-bond donors (Lipinski definition) is 0. The molecule has 270 valence electrons. The molecule has 10 heteroatoms. The molecule has 2 aliphatic rings. The first-order chi connectivity index (χ1) is 24.7. The molecule has 6 aromatic rings. The molecule has 0 bridgehead atoms. The van der Waals surface area contributed by atoms with Gasteiger partial charge in [0.2, 0.25) is 11.8 Å². The molecule has 0 amide bonds. The second-order valence-corrected chi connectivity index (χ2v) is 11.7. The third kappa shape index (κ3) is 11.1. The van der Waals surface area contributed by atoms with Crippen LogP contribution in [0.5, 0.6) is 23.3 Å². The van der Waals surface area contributed by atoms with E-state index >= 15 is 0 Å². The van der Waals surface area contributed by atoms with Crippen LogP contribution >= 0.6 is 0 Å². The fourth-order valence-corrected chi connectivity index (χ4v) is 6.02. The van der Waals surface area contributed by atoms with Crippen LogP contribution in [0.1, 0.15) is 74.9 Å². The summed E-state index contributed by atoms with van der Waals surface area (Å²) >= 11 is 0. The Kier molecular flexibility index (Phi) is 16.1. The van der Waals surface area contributed by atoms with Crippen molar-refractivity contribution in [2.24, 2.45) is 0 Å². The van der Waals surface area contributed by atoms with Crippen LogP contribution < -0.4 is 9.47 Å². The fraction of sp³-hybridized carbons (Fsp3) is 0.238. The van der Waals surface area contributed by atoms with Crippen LogP contribution in [-0.2, 0) is 42.1 Å². The van der Waals surface area contributed by atoms with Crippen LogP contribution in [0.15, 0.2) is 97.8 Å². The van der Waals surface area contributed by atoms with E-state index < -0.39 is 0 Å². The van der Waals surface area contributed by atoms with Gasteiger partial charge in [0.15, 0.2) is 0 Å². The van der Waals surface area contributed by atoms with Gasteiger partial charge in [0, 0.05) is 103 Å². The molecule has 2 aliphatic carbocycles. The van der Waals surface area contributed by atoms with Crippen molar-refractivity contribution >= 4 is 0 Å². The Hall–Kier alpha value is -4.74. The van der Waals surface area contributed by atoms with Crippen LogP contribution in [0.3, 0.4) is 0 Å². The zero-order valence-corrected chi connectivity index (χ0v) is 32.7. The van der Waals surface area contributed by atoms with Crippen molar-refractivity contribution in [3.8, 4) is 46.5 Å². The van der Waals surface area contributed by atoms with E-state index in [1.54, 1.807) is 82.7 Å². The van der Waals surface area contributed by atoms with E-state index in [0.717, 1.165) is 11.6 Å².